The van der Waals surface area contributed by atoms with Crippen molar-refractivity contribution >= 4 is 27.0 Å². The van der Waals surface area contributed by atoms with E-state index >= 15 is 0 Å². The number of imidazole rings is 1. The molecule has 0 saturated heterocycles. The molecule has 0 aliphatic heterocycles. The van der Waals surface area contributed by atoms with Crippen molar-refractivity contribution in [3.05, 3.63) is 22.9 Å². The van der Waals surface area contributed by atoms with Crippen LogP contribution in [0.5, 0.6) is 5.75 Å². The molecule has 0 N–H and O–H groups in total. The predicted molar refractivity (Wildman–Crippen MR) is 60.0 cm³/mol. The number of halogens is 4. The van der Waals surface area contributed by atoms with Crippen LogP contribution in [0.2, 0.25) is 0 Å². The first-order valence-electron chi connectivity index (χ1n) is 4.66. The third kappa shape index (κ3) is 2.38. The van der Waals surface area contributed by atoms with E-state index in [2.05, 4.69) is 20.9 Å². The van der Waals surface area contributed by atoms with Crippen LogP contribution in [0.1, 0.15) is 0 Å². The molecule has 0 radical (unpaired) electrons. The molecule has 0 fully saturated rings. The molecule has 0 aliphatic carbocycles. The summed E-state index contributed by atoms with van der Waals surface area (Å²) >= 11 is 3.23. The third-order valence-corrected chi connectivity index (χ3v) is 2.86. The van der Waals surface area contributed by atoms with E-state index in [-0.39, 0.29) is 0 Å². The van der Waals surface area contributed by atoms with Crippen LogP contribution >= 0.6 is 15.9 Å². The van der Waals surface area contributed by atoms with Crippen molar-refractivity contribution in [3.63, 3.8) is 0 Å². The maximum Gasteiger partial charge on any atom is 0.406 e. The Labute approximate surface area is 103 Å². The van der Waals surface area contributed by atoms with Gasteiger partial charge in [0.15, 0.2) is 5.75 Å². The zero-order valence-electron chi connectivity index (χ0n) is 8.75. The molecule has 1 aromatic heterocycles. The summed E-state index contributed by atoms with van der Waals surface area (Å²) in [5.41, 5.74) is 0.800. The van der Waals surface area contributed by atoms with Crippen LogP contribution in [0.15, 0.2) is 22.9 Å². The van der Waals surface area contributed by atoms with Crippen LogP contribution < -0.4 is 4.74 Å². The molecule has 1 aromatic carbocycles. The van der Waals surface area contributed by atoms with Crippen LogP contribution in [0, 0.1) is 0 Å². The van der Waals surface area contributed by atoms with Crippen molar-refractivity contribution in [3.8, 4) is 5.75 Å². The average molecular weight is 309 g/mol. The van der Waals surface area contributed by atoms with Gasteiger partial charge in [-0.05, 0) is 28.1 Å². The lowest BCUT2D eigenvalue weighted by Crippen LogP contribution is -2.17. The Bertz CT molecular complexity index is 550. The Balaban J connectivity index is 2.61. The molecule has 0 aliphatic rings. The number of hydrogen-bond acceptors (Lipinski definition) is 2. The van der Waals surface area contributed by atoms with Crippen LogP contribution in [0.25, 0.3) is 11.0 Å². The second-order valence-electron chi connectivity index (χ2n) is 3.44. The lowest BCUT2D eigenvalue weighted by molar-refractivity contribution is -0.140. The topological polar surface area (TPSA) is 27.1 Å². The maximum absolute atomic E-state index is 12.4. The quantitative estimate of drug-likeness (QED) is 0.850. The van der Waals surface area contributed by atoms with E-state index in [0.29, 0.717) is 21.3 Å². The monoisotopic (exact) mass is 308 g/mol. The van der Waals surface area contributed by atoms with Gasteiger partial charge in [0.2, 0.25) is 0 Å². The van der Waals surface area contributed by atoms with Gasteiger partial charge in [0.1, 0.15) is 12.1 Å². The van der Waals surface area contributed by atoms with E-state index in [0.717, 1.165) is 10.9 Å². The lowest BCUT2D eigenvalue weighted by Gasteiger charge is -2.11. The Hall–Kier alpha value is -1.24. The van der Waals surface area contributed by atoms with Gasteiger partial charge in [-0.1, -0.05) is 0 Å². The fourth-order valence-electron chi connectivity index (χ4n) is 1.61. The normalized spacial score (nSPS) is 12.1. The molecule has 7 heteroatoms. The maximum atomic E-state index is 12.4. The highest BCUT2D eigenvalue weighted by molar-refractivity contribution is 9.10. The van der Waals surface area contributed by atoms with E-state index in [1.807, 2.05) is 0 Å². The summed E-state index contributed by atoms with van der Waals surface area (Å²) in [6.07, 6.45) is -3.13. The molecule has 92 valence electrons. The number of rotatable bonds is 2. The smallest absolute Gasteiger partial charge is 0.406 e. The van der Waals surface area contributed by atoms with E-state index in [9.17, 15) is 13.2 Å². The summed E-state index contributed by atoms with van der Waals surface area (Å²) in [4.78, 5) is 3.91. The van der Waals surface area contributed by atoms with Crippen molar-refractivity contribution in [1.82, 2.24) is 9.55 Å². The third-order valence-electron chi connectivity index (χ3n) is 2.24. The largest absolute Gasteiger partial charge is 0.493 e. The standard InChI is InChI=1S/C10H8BrF3N2O/c1-17-9-6(11)2-3-7-8(9)16(5-15-7)4-10(12,13)14/h2-3,5H,4H2,1H3. The molecule has 0 amide bonds. The van der Waals surface area contributed by atoms with Crippen molar-refractivity contribution in [2.75, 3.05) is 7.11 Å². The zero-order chi connectivity index (χ0) is 12.6. The summed E-state index contributed by atoms with van der Waals surface area (Å²) in [5.74, 6) is 0.351. The lowest BCUT2D eigenvalue weighted by atomic mass is 10.3. The van der Waals surface area contributed by atoms with E-state index in [4.69, 9.17) is 4.74 Å². The minimum atomic E-state index is -4.29. The van der Waals surface area contributed by atoms with Crippen LogP contribution in [0.4, 0.5) is 13.2 Å². The second kappa shape index (κ2) is 4.21. The highest BCUT2D eigenvalue weighted by Crippen LogP contribution is 2.34. The van der Waals surface area contributed by atoms with Crippen LogP contribution in [-0.4, -0.2) is 22.8 Å². The van der Waals surface area contributed by atoms with E-state index in [1.165, 1.54) is 7.11 Å². The van der Waals surface area contributed by atoms with Gasteiger partial charge < -0.3 is 9.30 Å². The first-order chi connectivity index (χ1) is 7.92. The zero-order valence-corrected chi connectivity index (χ0v) is 10.3. The van der Waals surface area contributed by atoms with Crippen LogP contribution in [-0.2, 0) is 6.54 Å². The molecule has 17 heavy (non-hydrogen) atoms. The van der Waals surface area contributed by atoms with Gasteiger partial charge >= 0.3 is 6.18 Å². The van der Waals surface area contributed by atoms with E-state index < -0.39 is 12.7 Å². The molecule has 0 bridgehead atoms. The molecule has 2 rings (SSSR count). The Morgan fingerprint density at radius 2 is 2.12 bits per heavy atom. The number of nitrogens with zero attached hydrogens (tertiary/aromatic N) is 2. The van der Waals surface area contributed by atoms with Gasteiger partial charge in [0.25, 0.3) is 0 Å². The summed E-state index contributed by atoms with van der Waals surface area (Å²) in [6, 6.07) is 3.32. The van der Waals surface area contributed by atoms with Crippen LogP contribution in [0.3, 0.4) is 0 Å². The number of benzene rings is 1. The number of methoxy groups -OCH3 is 1. The van der Waals surface area contributed by atoms with Crippen molar-refractivity contribution in [1.29, 1.82) is 0 Å². The van der Waals surface area contributed by atoms with Gasteiger partial charge in [-0.25, -0.2) is 4.98 Å². The molecule has 0 unspecified atom stereocenters. The molecule has 3 nitrogen and oxygen atoms in total. The molecule has 1 heterocycles. The fourth-order valence-corrected chi connectivity index (χ4v) is 2.10. The number of ether oxygens (including phenoxy) is 1. The highest BCUT2D eigenvalue weighted by atomic mass is 79.9. The molecule has 0 atom stereocenters. The summed E-state index contributed by atoms with van der Waals surface area (Å²) in [5, 5.41) is 0. The minimum absolute atomic E-state index is 0.333. The van der Waals surface area contributed by atoms with E-state index in [1.54, 1.807) is 12.1 Å². The summed E-state index contributed by atoms with van der Waals surface area (Å²) in [7, 11) is 1.41. The highest BCUT2D eigenvalue weighted by Gasteiger charge is 2.29. The number of hydrogen-bond donors (Lipinski definition) is 0. The Morgan fingerprint density at radius 1 is 1.41 bits per heavy atom. The molecule has 0 saturated carbocycles. The van der Waals surface area contributed by atoms with Gasteiger partial charge in [-0.3, -0.25) is 0 Å². The fraction of sp³-hybridized carbons (Fsp3) is 0.300. The predicted octanol–water partition coefficient (Wildman–Crippen LogP) is 3.37. The van der Waals surface area contributed by atoms with Crippen molar-refractivity contribution in [2.45, 2.75) is 12.7 Å². The first-order valence-corrected chi connectivity index (χ1v) is 5.46. The molecular weight excluding hydrogens is 301 g/mol. The summed E-state index contributed by atoms with van der Waals surface area (Å²) < 4.78 is 43.9. The molecule has 0 spiro atoms. The van der Waals surface area contributed by atoms with Gasteiger partial charge in [0.05, 0.1) is 23.4 Å². The average Bonchev–Trinajstić information content (AvgIpc) is 2.59. The number of aromatic nitrogens is 2. The molecule has 2 aromatic rings. The number of alkyl halides is 3. The van der Waals surface area contributed by atoms with Gasteiger partial charge in [-0.2, -0.15) is 13.2 Å². The minimum Gasteiger partial charge on any atom is -0.493 e. The second-order valence-corrected chi connectivity index (χ2v) is 4.29. The Morgan fingerprint density at radius 3 is 2.71 bits per heavy atom. The SMILES string of the molecule is COc1c(Br)ccc2ncn(CC(F)(F)F)c12. The number of fused-ring (bicyclic) bond motifs is 1. The van der Waals surface area contributed by atoms with Crippen molar-refractivity contribution < 1.29 is 17.9 Å². The first kappa shape index (κ1) is 12.2. The van der Waals surface area contributed by atoms with Gasteiger partial charge in [-0.15, -0.1) is 0 Å². The van der Waals surface area contributed by atoms with Gasteiger partial charge in [0, 0.05) is 0 Å². The summed E-state index contributed by atoms with van der Waals surface area (Å²) in [6.45, 7) is -1.09. The van der Waals surface area contributed by atoms with Crippen molar-refractivity contribution in [2.24, 2.45) is 0 Å². The molecular formula is C10H8BrF3N2O. The Kier molecular flexibility index (Phi) is 3.03.